The molecule has 3 rings (SSSR count). The zero-order chi connectivity index (χ0) is 25.8. The summed E-state index contributed by atoms with van der Waals surface area (Å²) in [4.78, 5) is 31.1. The van der Waals surface area contributed by atoms with Gasteiger partial charge in [0.25, 0.3) is 5.56 Å². The fraction of sp³-hybridized carbons (Fsp3) is 0.577. The maximum Gasteiger partial charge on any atom is 0.332 e. The zero-order valence-electron chi connectivity index (χ0n) is 21.5. The lowest BCUT2D eigenvalue weighted by molar-refractivity contribution is 0.0901. The van der Waals surface area contributed by atoms with Crippen LogP contribution in [0.15, 0.2) is 33.9 Å². The Morgan fingerprint density at radius 2 is 1.69 bits per heavy atom. The molecule has 0 spiro atoms. The number of unbranched alkanes of at least 4 members (excludes halogenated alkanes) is 1. The summed E-state index contributed by atoms with van der Waals surface area (Å²) in [5, 5.41) is 20.5. The van der Waals surface area contributed by atoms with E-state index in [1.807, 2.05) is 38.1 Å². The first-order valence-corrected chi connectivity index (χ1v) is 12.4. The van der Waals surface area contributed by atoms with Crippen LogP contribution in [0.1, 0.15) is 65.3 Å². The number of hydrogen-bond acceptors (Lipinski definition) is 6. The van der Waals surface area contributed by atoms with Crippen LogP contribution in [-0.4, -0.2) is 41.6 Å². The van der Waals surface area contributed by atoms with Gasteiger partial charge in [-0.3, -0.25) is 13.9 Å². The van der Waals surface area contributed by atoms with E-state index in [4.69, 9.17) is 4.74 Å². The summed E-state index contributed by atoms with van der Waals surface area (Å²) in [6, 6.07) is 7.67. The molecule has 0 saturated heterocycles. The van der Waals surface area contributed by atoms with E-state index < -0.39 is 17.4 Å². The molecule has 2 aromatic heterocycles. The van der Waals surface area contributed by atoms with Crippen LogP contribution >= 0.6 is 0 Å². The number of aromatic nitrogens is 4. The van der Waals surface area contributed by atoms with E-state index in [0.717, 1.165) is 23.8 Å². The molecule has 0 unspecified atom stereocenters. The van der Waals surface area contributed by atoms with Gasteiger partial charge < -0.3 is 19.5 Å². The summed E-state index contributed by atoms with van der Waals surface area (Å²) in [5.74, 6) is 0.956. The molecule has 0 aliphatic rings. The number of fused-ring (bicyclic) bond motifs is 1. The predicted octanol–water partition coefficient (Wildman–Crippen LogP) is 2.80. The van der Waals surface area contributed by atoms with Gasteiger partial charge in [0.2, 0.25) is 0 Å². The molecule has 0 fully saturated rings. The monoisotopic (exact) mass is 486 g/mol. The third-order valence-corrected chi connectivity index (χ3v) is 6.07. The highest BCUT2D eigenvalue weighted by Gasteiger charge is 2.22. The van der Waals surface area contributed by atoms with Crippen LogP contribution in [0.5, 0.6) is 5.75 Å². The first kappa shape index (κ1) is 26.7. The summed E-state index contributed by atoms with van der Waals surface area (Å²) >= 11 is 0. The SMILES string of the molecule is CCCCn1c(=O)n(C[C@H](O)COc2ccc(C(C)(C)C)cc2)c(=O)c2c1nc(CO)n2CCC. The number of aryl methyl sites for hydroxylation is 2. The van der Waals surface area contributed by atoms with Gasteiger partial charge in [-0.05, 0) is 36.0 Å². The fourth-order valence-electron chi connectivity index (χ4n) is 4.11. The Hall–Kier alpha value is -2.91. The van der Waals surface area contributed by atoms with Gasteiger partial charge in [-0.2, -0.15) is 0 Å². The minimum absolute atomic E-state index is 0.0235. The summed E-state index contributed by atoms with van der Waals surface area (Å²) in [5.41, 5.74) is 0.714. The van der Waals surface area contributed by atoms with E-state index in [9.17, 15) is 19.8 Å². The quantitative estimate of drug-likeness (QED) is 0.431. The second kappa shape index (κ2) is 11.2. The van der Waals surface area contributed by atoms with Crippen molar-refractivity contribution in [3.63, 3.8) is 0 Å². The van der Waals surface area contributed by atoms with Crippen LogP contribution in [0.2, 0.25) is 0 Å². The highest BCUT2D eigenvalue weighted by atomic mass is 16.5. The van der Waals surface area contributed by atoms with Gasteiger partial charge in [0, 0.05) is 13.1 Å². The van der Waals surface area contributed by atoms with Crippen LogP contribution in [0, 0.1) is 0 Å². The van der Waals surface area contributed by atoms with Crippen molar-refractivity contribution in [2.24, 2.45) is 0 Å². The van der Waals surface area contributed by atoms with Gasteiger partial charge >= 0.3 is 5.69 Å². The Bertz CT molecular complexity index is 1250. The van der Waals surface area contributed by atoms with Crippen molar-refractivity contribution in [2.75, 3.05) is 6.61 Å². The van der Waals surface area contributed by atoms with E-state index >= 15 is 0 Å². The van der Waals surface area contributed by atoms with Crippen LogP contribution < -0.4 is 16.0 Å². The second-order valence-electron chi connectivity index (χ2n) is 9.95. The van der Waals surface area contributed by atoms with Gasteiger partial charge in [-0.25, -0.2) is 9.78 Å². The summed E-state index contributed by atoms with van der Waals surface area (Å²) in [6.07, 6.45) is 1.26. The van der Waals surface area contributed by atoms with E-state index in [-0.39, 0.29) is 36.3 Å². The average molecular weight is 487 g/mol. The Kier molecular flexibility index (Phi) is 8.56. The summed E-state index contributed by atoms with van der Waals surface area (Å²) in [6.45, 7) is 10.7. The molecule has 0 aliphatic carbocycles. The minimum atomic E-state index is -1.07. The molecule has 192 valence electrons. The molecule has 1 atom stereocenters. The van der Waals surface area contributed by atoms with E-state index in [1.54, 1.807) is 4.57 Å². The number of aliphatic hydroxyl groups excluding tert-OH is 2. The molecule has 0 amide bonds. The second-order valence-corrected chi connectivity index (χ2v) is 9.95. The molecule has 0 saturated carbocycles. The molecule has 0 aliphatic heterocycles. The molecule has 9 heteroatoms. The maximum absolute atomic E-state index is 13.4. The third-order valence-electron chi connectivity index (χ3n) is 6.07. The smallest absolute Gasteiger partial charge is 0.332 e. The normalized spacial score (nSPS) is 12.9. The Morgan fingerprint density at radius 1 is 1.00 bits per heavy atom. The van der Waals surface area contributed by atoms with Gasteiger partial charge in [0.15, 0.2) is 11.2 Å². The maximum atomic E-state index is 13.4. The molecule has 0 bridgehead atoms. The topological polar surface area (TPSA) is 112 Å². The van der Waals surface area contributed by atoms with Crippen molar-refractivity contribution in [1.82, 2.24) is 18.7 Å². The van der Waals surface area contributed by atoms with Crippen molar-refractivity contribution >= 4 is 11.2 Å². The Morgan fingerprint density at radius 3 is 2.26 bits per heavy atom. The fourth-order valence-corrected chi connectivity index (χ4v) is 4.11. The number of ether oxygens (including phenoxy) is 1. The Balaban J connectivity index is 1.91. The van der Waals surface area contributed by atoms with Crippen molar-refractivity contribution in [2.45, 2.75) is 91.6 Å². The summed E-state index contributed by atoms with van der Waals surface area (Å²) < 4.78 is 9.94. The van der Waals surface area contributed by atoms with Crippen molar-refractivity contribution < 1.29 is 14.9 Å². The minimum Gasteiger partial charge on any atom is -0.491 e. The molecule has 3 aromatic rings. The van der Waals surface area contributed by atoms with Crippen molar-refractivity contribution in [3.05, 3.63) is 56.5 Å². The largest absolute Gasteiger partial charge is 0.491 e. The standard InChI is InChI=1S/C26H38N4O5/c1-6-8-14-29-23-22(28(13-7-2)21(16-31)27-23)24(33)30(25(29)34)15-19(32)17-35-20-11-9-18(10-12-20)26(3,4)5/h9-12,19,31-32H,6-8,13-17H2,1-5H3/t19-/m0/s1. The number of imidazole rings is 1. The summed E-state index contributed by atoms with van der Waals surface area (Å²) in [7, 11) is 0. The number of nitrogens with zero attached hydrogens (tertiary/aromatic N) is 4. The average Bonchev–Trinajstić information content (AvgIpc) is 3.18. The lowest BCUT2D eigenvalue weighted by atomic mass is 9.87. The molecule has 2 heterocycles. The lowest BCUT2D eigenvalue weighted by Crippen LogP contribution is -2.44. The number of hydrogen-bond donors (Lipinski definition) is 2. The Labute approximate surface area is 205 Å². The first-order chi connectivity index (χ1) is 16.6. The van der Waals surface area contributed by atoms with Gasteiger partial charge in [0.1, 0.15) is 30.9 Å². The van der Waals surface area contributed by atoms with E-state index in [1.165, 1.54) is 10.1 Å². The highest BCUT2D eigenvalue weighted by Crippen LogP contribution is 2.24. The van der Waals surface area contributed by atoms with Gasteiger partial charge in [-0.15, -0.1) is 0 Å². The molecule has 35 heavy (non-hydrogen) atoms. The van der Waals surface area contributed by atoms with Crippen molar-refractivity contribution in [1.29, 1.82) is 0 Å². The lowest BCUT2D eigenvalue weighted by Gasteiger charge is -2.19. The molecule has 1 aromatic carbocycles. The van der Waals surface area contributed by atoms with Crippen LogP contribution in [0.3, 0.4) is 0 Å². The predicted molar refractivity (Wildman–Crippen MR) is 136 cm³/mol. The van der Waals surface area contributed by atoms with Crippen LogP contribution in [-0.2, 0) is 31.7 Å². The molecule has 0 radical (unpaired) electrons. The first-order valence-electron chi connectivity index (χ1n) is 12.4. The molecule has 9 nitrogen and oxygen atoms in total. The third kappa shape index (κ3) is 5.85. The molecular formula is C26H38N4O5. The molecular weight excluding hydrogens is 448 g/mol. The van der Waals surface area contributed by atoms with E-state index in [0.29, 0.717) is 24.7 Å². The number of aliphatic hydroxyl groups is 2. The number of benzene rings is 1. The highest BCUT2D eigenvalue weighted by molar-refractivity contribution is 5.71. The van der Waals surface area contributed by atoms with Crippen molar-refractivity contribution in [3.8, 4) is 5.75 Å². The van der Waals surface area contributed by atoms with Crippen LogP contribution in [0.25, 0.3) is 11.2 Å². The molecule has 2 N–H and O–H groups in total. The van der Waals surface area contributed by atoms with E-state index in [2.05, 4.69) is 25.8 Å². The van der Waals surface area contributed by atoms with Crippen LogP contribution in [0.4, 0.5) is 0 Å². The van der Waals surface area contributed by atoms with Gasteiger partial charge in [-0.1, -0.05) is 53.2 Å². The van der Waals surface area contributed by atoms with Gasteiger partial charge in [0.05, 0.1) is 6.54 Å². The number of rotatable bonds is 11. The zero-order valence-corrected chi connectivity index (χ0v) is 21.5.